The number of hydrogen-bond acceptors (Lipinski definition) is 4. The molecule has 1 saturated heterocycles. The quantitative estimate of drug-likeness (QED) is 0.579. The lowest BCUT2D eigenvalue weighted by atomic mass is 10.1. The third kappa shape index (κ3) is 4.68. The van der Waals surface area contributed by atoms with Gasteiger partial charge in [-0.05, 0) is 49.6 Å². The second kappa shape index (κ2) is 8.95. The fourth-order valence-corrected chi connectivity index (χ4v) is 3.77. The number of piperazine rings is 1. The van der Waals surface area contributed by atoms with E-state index in [1.807, 2.05) is 25.1 Å². The lowest BCUT2D eigenvalue weighted by Crippen LogP contribution is -2.49. The van der Waals surface area contributed by atoms with Gasteiger partial charge in [0.15, 0.2) is 0 Å². The third-order valence-electron chi connectivity index (χ3n) is 5.35. The molecule has 6 nitrogen and oxygen atoms in total. The van der Waals surface area contributed by atoms with Crippen LogP contribution in [-0.2, 0) is 11.3 Å². The SMILES string of the molecule is Cc1cc(/C=C(\C#N)C(=O)N2CCN(c3ccccn3)CC2)c(C)n1CC(C)C. The number of nitrogens with zero attached hydrogens (tertiary/aromatic N) is 5. The number of hydrogen-bond donors (Lipinski definition) is 0. The molecule has 1 amide bonds. The smallest absolute Gasteiger partial charge is 0.264 e. The molecule has 2 aromatic heterocycles. The van der Waals surface area contributed by atoms with Crippen LogP contribution in [0.1, 0.15) is 30.8 Å². The Labute approximate surface area is 173 Å². The van der Waals surface area contributed by atoms with Crippen molar-refractivity contribution in [2.75, 3.05) is 31.1 Å². The largest absolute Gasteiger partial charge is 0.353 e. The summed E-state index contributed by atoms with van der Waals surface area (Å²) in [5, 5.41) is 9.64. The van der Waals surface area contributed by atoms with Gasteiger partial charge in [-0.1, -0.05) is 19.9 Å². The van der Waals surface area contributed by atoms with Crippen molar-refractivity contribution in [3.8, 4) is 6.07 Å². The van der Waals surface area contributed by atoms with E-state index < -0.39 is 0 Å². The van der Waals surface area contributed by atoms with Crippen molar-refractivity contribution < 1.29 is 4.79 Å². The van der Waals surface area contributed by atoms with Crippen LogP contribution >= 0.6 is 0 Å². The van der Waals surface area contributed by atoms with Gasteiger partial charge in [-0.25, -0.2) is 4.98 Å². The molecule has 0 unspecified atom stereocenters. The maximum atomic E-state index is 13.0. The normalized spacial score (nSPS) is 15.0. The van der Waals surface area contributed by atoms with Gasteiger partial charge in [0.05, 0.1) is 0 Å². The van der Waals surface area contributed by atoms with E-state index in [0.717, 1.165) is 29.3 Å². The van der Waals surface area contributed by atoms with Gasteiger partial charge in [0.25, 0.3) is 5.91 Å². The van der Waals surface area contributed by atoms with Crippen molar-refractivity contribution in [2.45, 2.75) is 34.2 Å². The van der Waals surface area contributed by atoms with E-state index in [2.05, 4.69) is 47.4 Å². The summed E-state index contributed by atoms with van der Waals surface area (Å²) in [7, 11) is 0. The molecule has 1 aliphatic rings. The molecule has 1 fully saturated rings. The average molecular weight is 392 g/mol. The van der Waals surface area contributed by atoms with Gasteiger partial charge in [0.1, 0.15) is 17.5 Å². The Bertz CT molecular complexity index is 928. The van der Waals surface area contributed by atoms with Crippen LogP contribution in [0.2, 0.25) is 0 Å². The number of aryl methyl sites for hydroxylation is 1. The molecule has 29 heavy (non-hydrogen) atoms. The molecule has 1 aliphatic heterocycles. The molecule has 0 aliphatic carbocycles. The van der Waals surface area contributed by atoms with Crippen LogP contribution in [0, 0.1) is 31.1 Å². The second-order valence-corrected chi connectivity index (χ2v) is 7.97. The van der Waals surface area contributed by atoms with Crippen molar-refractivity contribution in [2.24, 2.45) is 5.92 Å². The summed E-state index contributed by atoms with van der Waals surface area (Å²) in [4.78, 5) is 21.3. The number of rotatable bonds is 5. The van der Waals surface area contributed by atoms with Gasteiger partial charge in [-0.3, -0.25) is 4.79 Å². The molecule has 2 aromatic rings. The Morgan fingerprint density at radius 3 is 2.55 bits per heavy atom. The molecule has 0 aromatic carbocycles. The fraction of sp³-hybridized carbons (Fsp3) is 0.435. The van der Waals surface area contributed by atoms with E-state index in [1.54, 1.807) is 17.2 Å². The van der Waals surface area contributed by atoms with Crippen LogP contribution in [0.5, 0.6) is 0 Å². The van der Waals surface area contributed by atoms with Crippen molar-refractivity contribution in [3.05, 3.63) is 53.0 Å². The van der Waals surface area contributed by atoms with E-state index >= 15 is 0 Å². The summed E-state index contributed by atoms with van der Waals surface area (Å²) in [6.07, 6.45) is 3.52. The summed E-state index contributed by atoms with van der Waals surface area (Å²) in [5.74, 6) is 1.26. The summed E-state index contributed by atoms with van der Waals surface area (Å²) >= 11 is 0. The first-order valence-electron chi connectivity index (χ1n) is 10.1. The lowest BCUT2D eigenvalue weighted by molar-refractivity contribution is -0.126. The predicted octanol–water partition coefficient (Wildman–Crippen LogP) is 3.41. The van der Waals surface area contributed by atoms with Crippen LogP contribution in [0.25, 0.3) is 6.08 Å². The highest BCUT2D eigenvalue weighted by molar-refractivity contribution is 6.02. The highest BCUT2D eigenvalue weighted by atomic mass is 16.2. The van der Waals surface area contributed by atoms with Crippen LogP contribution in [0.4, 0.5) is 5.82 Å². The Morgan fingerprint density at radius 1 is 1.24 bits per heavy atom. The van der Waals surface area contributed by atoms with E-state index in [-0.39, 0.29) is 11.5 Å². The molecule has 0 saturated carbocycles. The molecule has 0 N–H and O–H groups in total. The standard InChI is InChI=1S/C23H29N5O/c1-17(2)16-28-18(3)13-20(19(28)4)14-21(15-24)23(29)27-11-9-26(10-12-27)22-7-5-6-8-25-22/h5-8,13-14,17H,9-12,16H2,1-4H3/b21-14+. The molecule has 6 heteroatoms. The van der Waals surface area contributed by atoms with Gasteiger partial charge >= 0.3 is 0 Å². The van der Waals surface area contributed by atoms with Gasteiger partial charge < -0.3 is 14.4 Å². The molecule has 0 radical (unpaired) electrons. The van der Waals surface area contributed by atoms with Gasteiger partial charge in [-0.2, -0.15) is 5.26 Å². The minimum Gasteiger partial charge on any atom is -0.353 e. The Morgan fingerprint density at radius 2 is 1.97 bits per heavy atom. The molecular weight excluding hydrogens is 362 g/mol. The number of nitriles is 1. The van der Waals surface area contributed by atoms with Crippen molar-refractivity contribution in [3.63, 3.8) is 0 Å². The zero-order chi connectivity index (χ0) is 21.0. The Hall–Kier alpha value is -3.07. The van der Waals surface area contributed by atoms with Gasteiger partial charge in [-0.15, -0.1) is 0 Å². The van der Waals surface area contributed by atoms with Crippen LogP contribution in [-0.4, -0.2) is 46.5 Å². The number of amides is 1. The number of anilines is 1. The van der Waals surface area contributed by atoms with Gasteiger partial charge in [0, 0.05) is 50.3 Å². The highest BCUT2D eigenvalue weighted by Gasteiger charge is 2.24. The molecule has 0 bridgehead atoms. The first-order valence-corrected chi connectivity index (χ1v) is 10.1. The second-order valence-electron chi connectivity index (χ2n) is 7.97. The maximum Gasteiger partial charge on any atom is 0.264 e. The Kier molecular flexibility index (Phi) is 6.38. The van der Waals surface area contributed by atoms with E-state index in [9.17, 15) is 10.1 Å². The summed E-state index contributed by atoms with van der Waals surface area (Å²) in [6.45, 7) is 12.0. The van der Waals surface area contributed by atoms with Crippen LogP contribution in [0.15, 0.2) is 36.0 Å². The molecule has 3 rings (SSSR count). The van der Waals surface area contributed by atoms with Crippen molar-refractivity contribution in [1.29, 1.82) is 5.26 Å². The van der Waals surface area contributed by atoms with E-state index in [1.165, 1.54) is 0 Å². The minimum atomic E-state index is -0.193. The van der Waals surface area contributed by atoms with E-state index in [0.29, 0.717) is 32.1 Å². The van der Waals surface area contributed by atoms with Crippen molar-refractivity contribution >= 4 is 17.8 Å². The number of aromatic nitrogens is 2. The Balaban J connectivity index is 1.72. The first kappa shape index (κ1) is 20.7. The van der Waals surface area contributed by atoms with Crippen LogP contribution < -0.4 is 4.90 Å². The van der Waals surface area contributed by atoms with E-state index in [4.69, 9.17) is 0 Å². The van der Waals surface area contributed by atoms with Gasteiger partial charge in [0.2, 0.25) is 0 Å². The first-order chi connectivity index (χ1) is 13.9. The van der Waals surface area contributed by atoms with Crippen molar-refractivity contribution in [1.82, 2.24) is 14.5 Å². The average Bonchev–Trinajstić information content (AvgIpc) is 2.99. The maximum absolute atomic E-state index is 13.0. The molecular formula is C23H29N5O. The number of carbonyl (C=O) groups is 1. The minimum absolute atomic E-state index is 0.193. The third-order valence-corrected chi connectivity index (χ3v) is 5.35. The summed E-state index contributed by atoms with van der Waals surface area (Å²) in [5.41, 5.74) is 3.38. The molecule has 0 spiro atoms. The number of pyridine rings is 1. The summed E-state index contributed by atoms with van der Waals surface area (Å²) in [6, 6.07) is 10.0. The molecule has 0 atom stereocenters. The summed E-state index contributed by atoms with van der Waals surface area (Å²) < 4.78 is 2.25. The molecule has 3 heterocycles. The topological polar surface area (TPSA) is 65.2 Å². The number of carbonyl (C=O) groups excluding carboxylic acids is 1. The zero-order valence-corrected chi connectivity index (χ0v) is 17.7. The highest BCUT2D eigenvalue weighted by Crippen LogP contribution is 2.21. The predicted molar refractivity (Wildman–Crippen MR) is 115 cm³/mol. The lowest BCUT2D eigenvalue weighted by Gasteiger charge is -2.35. The zero-order valence-electron chi connectivity index (χ0n) is 17.7. The monoisotopic (exact) mass is 391 g/mol. The fourth-order valence-electron chi connectivity index (χ4n) is 3.77. The molecule has 152 valence electrons. The van der Waals surface area contributed by atoms with Crippen LogP contribution in [0.3, 0.4) is 0 Å².